The normalized spacial score (nSPS) is 12.5. The molecule has 3 aromatic carbocycles. The van der Waals surface area contributed by atoms with Crippen LogP contribution in [0, 0.1) is 0 Å². The quantitative estimate of drug-likeness (QED) is 0.267. The number of carbonyl (C=O) groups excluding carboxylic acids is 2. The minimum atomic E-state index is -4.12. The molecule has 10 heteroatoms. The van der Waals surface area contributed by atoms with Gasteiger partial charge in [-0.15, -0.1) is 0 Å². The summed E-state index contributed by atoms with van der Waals surface area (Å²) >= 11 is 12.4. The fourth-order valence-electron chi connectivity index (χ4n) is 4.35. The minimum absolute atomic E-state index is 0.0276. The molecule has 3 rings (SSSR count). The van der Waals surface area contributed by atoms with Crippen LogP contribution >= 0.6 is 23.2 Å². The third-order valence-corrected chi connectivity index (χ3v) is 8.99. The molecule has 0 bridgehead atoms. The molecule has 0 aliphatic heterocycles. The maximum atomic E-state index is 14.1. The van der Waals surface area contributed by atoms with E-state index < -0.39 is 34.1 Å². The fourth-order valence-corrected chi connectivity index (χ4v) is 6.11. The van der Waals surface area contributed by atoms with E-state index in [0.717, 1.165) is 16.3 Å². The molecule has 7 nitrogen and oxygen atoms in total. The zero-order valence-electron chi connectivity index (χ0n) is 24.0. The summed E-state index contributed by atoms with van der Waals surface area (Å²) in [6, 6.07) is 19.2. The van der Waals surface area contributed by atoms with E-state index in [1.54, 1.807) is 48.5 Å². The predicted octanol–water partition coefficient (Wildman–Crippen LogP) is 6.47. The lowest BCUT2D eigenvalue weighted by atomic mass is 10.1. The van der Waals surface area contributed by atoms with E-state index in [1.807, 2.05) is 46.8 Å². The number of hydrogen-bond donors (Lipinski definition) is 1. The van der Waals surface area contributed by atoms with Crippen LogP contribution in [0.25, 0.3) is 0 Å². The van der Waals surface area contributed by atoms with Gasteiger partial charge in [0.25, 0.3) is 10.0 Å². The Morgan fingerprint density at radius 1 is 0.878 bits per heavy atom. The van der Waals surface area contributed by atoms with Crippen molar-refractivity contribution in [2.45, 2.75) is 70.5 Å². The molecule has 0 saturated carbocycles. The molecule has 220 valence electrons. The number of aryl methyl sites for hydroxylation is 1. The van der Waals surface area contributed by atoms with Gasteiger partial charge in [-0.1, -0.05) is 73.4 Å². The molecule has 0 saturated heterocycles. The molecule has 0 heterocycles. The Kier molecular flexibility index (Phi) is 10.9. The van der Waals surface area contributed by atoms with Crippen LogP contribution in [-0.2, 0) is 32.6 Å². The number of nitrogens with zero attached hydrogens (tertiary/aromatic N) is 2. The van der Waals surface area contributed by atoms with Crippen molar-refractivity contribution in [2.24, 2.45) is 0 Å². The van der Waals surface area contributed by atoms with E-state index in [-0.39, 0.29) is 17.3 Å². The molecule has 1 atom stereocenters. The molecular formula is C31H37Cl2N3O4S. The lowest BCUT2D eigenvalue weighted by molar-refractivity contribution is -0.141. The lowest BCUT2D eigenvalue weighted by Gasteiger charge is -2.34. The van der Waals surface area contributed by atoms with Crippen LogP contribution < -0.4 is 9.62 Å². The van der Waals surface area contributed by atoms with E-state index >= 15 is 0 Å². The average Bonchev–Trinajstić information content (AvgIpc) is 2.93. The Morgan fingerprint density at radius 3 is 2.02 bits per heavy atom. The summed E-state index contributed by atoms with van der Waals surface area (Å²) in [5.74, 6) is -0.871. The molecule has 0 aliphatic rings. The van der Waals surface area contributed by atoms with Crippen molar-refractivity contribution in [3.05, 3.63) is 94.0 Å². The average molecular weight is 619 g/mol. The summed E-state index contributed by atoms with van der Waals surface area (Å²) in [7, 11) is -4.12. The Labute approximate surface area is 253 Å². The number of hydrogen-bond acceptors (Lipinski definition) is 4. The Bertz CT molecular complexity index is 1460. The summed E-state index contributed by atoms with van der Waals surface area (Å²) in [5, 5.41) is 3.63. The minimum Gasteiger partial charge on any atom is -0.350 e. The third kappa shape index (κ3) is 8.47. The zero-order chi connectivity index (χ0) is 30.4. The Hall–Kier alpha value is -3.07. The van der Waals surface area contributed by atoms with E-state index in [9.17, 15) is 18.0 Å². The van der Waals surface area contributed by atoms with Gasteiger partial charge in [0.15, 0.2) is 0 Å². The number of benzene rings is 3. The Morgan fingerprint density at radius 2 is 1.49 bits per heavy atom. The third-order valence-electron chi connectivity index (χ3n) is 6.46. The van der Waals surface area contributed by atoms with Gasteiger partial charge in [-0.05, 0) is 81.1 Å². The standard InChI is InChI=1S/C31H37Cl2N3O4S/c1-6-22-13-16-24(17-14-22)36(41(39,40)25-11-9-8-10-12-25)21-29(37)35(20-23-15-18-26(32)27(33)19-23)28(7-2)30(38)34-31(3,4)5/h8-19,28H,6-7,20-21H2,1-5H3,(H,34,38)/t28-/m0/s1. The van der Waals surface area contributed by atoms with Crippen molar-refractivity contribution in [1.29, 1.82) is 0 Å². The van der Waals surface area contributed by atoms with Crippen LogP contribution in [0.1, 0.15) is 52.2 Å². The second kappa shape index (κ2) is 13.7. The van der Waals surface area contributed by atoms with Crippen molar-refractivity contribution in [2.75, 3.05) is 10.8 Å². The molecule has 0 spiro atoms. The summed E-state index contributed by atoms with van der Waals surface area (Å²) in [6.45, 7) is 8.91. The molecule has 41 heavy (non-hydrogen) atoms. The first-order valence-corrected chi connectivity index (χ1v) is 15.7. The summed E-state index contributed by atoms with van der Waals surface area (Å²) < 4.78 is 28.9. The molecule has 0 aromatic heterocycles. The van der Waals surface area contributed by atoms with Gasteiger partial charge in [-0.3, -0.25) is 13.9 Å². The number of anilines is 1. The van der Waals surface area contributed by atoms with Gasteiger partial charge < -0.3 is 10.2 Å². The number of nitrogens with one attached hydrogen (secondary N) is 1. The van der Waals surface area contributed by atoms with E-state index in [0.29, 0.717) is 27.7 Å². The van der Waals surface area contributed by atoms with Crippen molar-refractivity contribution in [1.82, 2.24) is 10.2 Å². The molecule has 0 fully saturated rings. The summed E-state index contributed by atoms with van der Waals surface area (Å²) in [6.07, 6.45) is 1.09. The molecule has 3 aromatic rings. The molecule has 1 N–H and O–H groups in total. The highest BCUT2D eigenvalue weighted by atomic mass is 35.5. The van der Waals surface area contributed by atoms with E-state index in [4.69, 9.17) is 23.2 Å². The monoisotopic (exact) mass is 617 g/mol. The number of rotatable bonds is 11. The molecular weight excluding hydrogens is 581 g/mol. The maximum absolute atomic E-state index is 14.1. The van der Waals surface area contributed by atoms with Crippen LogP contribution in [0.15, 0.2) is 77.7 Å². The first kappa shape index (κ1) is 32.4. The predicted molar refractivity (Wildman–Crippen MR) is 166 cm³/mol. The largest absolute Gasteiger partial charge is 0.350 e. The molecule has 2 amide bonds. The van der Waals surface area contributed by atoms with E-state index in [2.05, 4.69) is 5.32 Å². The van der Waals surface area contributed by atoms with Gasteiger partial charge >= 0.3 is 0 Å². The second-order valence-electron chi connectivity index (χ2n) is 10.8. The van der Waals surface area contributed by atoms with Crippen LogP contribution in [0.2, 0.25) is 10.0 Å². The van der Waals surface area contributed by atoms with Crippen molar-refractivity contribution in [3.63, 3.8) is 0 Å². The first-order chi connectivity index (χ1) is 19.3. The van der Waals surface area contributed by atoms with Gasteiger partial charge in [0, 0.05) is 12.1 Å². The fraction of sp³-hybridized carbons (Fsp3) is 0.355. The van der Waals surface area contributed by atoms with Crippen molar-refractivity contribution in [3.8, 4) is 0 Å². The highest BCUT2D eigenvalue weighted by Crippen LogP contribution is 2.27. The number of sulfonamides is 1. The molecule has 0 aliphatic carbocycles. The first-order valence-electron chi connectivity index (χ1n) is 13.5. The van der Waals surface area contributed by atoms with Crippen molar-refractivity contribution < 1.29 is 18.0 Å². The van der Waals surface area contributed by atoms with Gasteiger partial charge in [0.2, 0.25) is 11.8 Å². The molecule has 0 unspecified atom stereocenters. The lowest BCUT2D eigenvalue weighted by Crippen LogP contribution is -2.55. The summed E-state index contributed by atoms with van der Waals surface area (Å²) in [5.41, 5.74) is 1.50. The van der Waals surface area contributed by atoms with Crippen LogP contribution in [-0.4, -0.2) is 43.3 Å². The van der Waals surface area contributed by atoms with Gasteiger partial charge in [-0.25, -0.2) is 8.42 Å². The highest BCUT2D eigenvalue weighted by Gasteiger charge is 2.34. The van der Waals surface area contributed by atoms with Crippen molar-refractivity contribution >= 4 is 50.7 Å². The summed E-state index contributed by atoms with van der Waals surface area (Å²) in [4.78, 5) is 29.0. The van der Waals surface area contributed by atoms with Crippen LogP contribution in [0.5, 0.6) is 0 Å². The second-order valence-corrected chi connectivity index (χ2v) is 13.5. The Balaban J connectivity index is 2.08. The topological polar surface area (TPSA) is 86.8 Å². The number of carbonyl (C=O) groups is 2. The van der Waals surface area contributed by atoms with Crippen LogP contribution in [0.4, 0.5) is 5.69 Å². The van der Waals surface area contributed by atoms with Gasteiger partial charge in [-0.2, -0.15) is 0 Å². The number of halogens is 2. The van der Waals surface area contributed by atoms with E-state index in [1.165, 1.54) is 17.0 Å². The van der Waals surface area contributed by atoms with Crippen LogP contribution in [0.3, 0.4) is 0 Å². The zero-order valence-corrected chi connectivity index (χ0v) is 26.4. The highest BCUT2D eigenvalue weighted by molar-refractivity contribution is 7.92. The van der Waals surface area contributed by atoms with Gasteiger partial charge in [0.1, 0.15) is 12.6 Å². The molecule has 0 radical (unpaired) electrons. The number of amides is 2. The van der Waals surface area contributed by atoms with Gasteiger partial charge in [0.05, 0.1) is 20.6 Å². The smallest absolute Gasteiger partial charge is 0.264 e. The SMILES string of the molecule is CCc1ccc(N(CC(=O)N(Cc2ccc(Cl)c(Cl)c2)[C@@H](CC)C(=O)NC(C)(C)C)S(=O)(=O)c2ccccc2)cc1. The maximum Gasteiger partial charge on any atom is 0.264 e.